The average Bonchev–Trinajstić information content (AvgIpc) is 3.07. The lowest BCUT2D eigenvalue weighted by Crippen LogP contribution is -2.13. The van der Waals surface area contributed by atoms with Crippen molar-refractivity contribution in [3.05, 3.63) is 71.0 Å². The minimum absolute atomic E-state index is 0.0261. The number of anilines is 2. The van der Waals surface area contributed by atoms with Crippen molar-refractivity contribution >= 4 is 17.3 Å². The van der Waals surface area contributed by atoms with Crippen LogP contribution in [0.3, 0.4) is 0 Å². The number of rotatable bonds is 3. The van der Waals surface area contributed by atoms with Crippen LogP contribution in [0, 0.1) is 13.8 Å². The van der Waals surface area contributed by atoms with E-state index in [2.05, 4.69) is 5.32 Å². The molecule has 0 radical (unpaired) electrons. The van der Waals surface area contributed by atoms with E-state index in [4.69, 9.17) is 10.2 Å². The second kappa shape index (κ2) is 6.83. The predicted octanol–water partition coefficient (Wildman–Crippen LogP) is 5.42. The van der Waals surface area contributed by atoms with E-state index in [9.17, 15) is 18.0 Å². The minimum Gasteiger partial charge on any atom is -0.451 e. The fourth-order valence-electron chi connectivity index (χ4n) is 2.81. The number of alkyl halides is 3. The van der Waals surface area contributed by atoms with Crippen molar-refractivity contribution in [2.75, 3.05) is 11.1 Å². The van der Waals surface area contributed by atoms with Gasteiger partial charge in [-0.25, -0.2) is 0 Å². The number of halogens is 3. The molecule has 1 heterocycles. The summed E-state index contributed by atoms with van der Waals surface area (Å²) in [4.78, 5) is 12.4. The van der Waals surface area contributed by atoms with Gasteiger partial charge in [-0.15, -0.1) is 0 Å². The Kier molecular flexibility index (Phi) is 4.70. The van der Waals surface area contributed by atoms with Crippen LogP contribution in [0.25, 0.3) is 11.3 Å². The Hall–Kier alpha value is -3.22. The van der Waals surface area contributed by atoms with Gasteiger partial charge in [0, 0.05) is 5.56 Å². The van der Waals surface area contributed by atoms with E-state index in [0.29, 0.717) is 11.4 Å². The number of hydrogen-bond acceptors (Lipinski definition) is 3. The zero-order chi connectivity index (χ0) is 19.8. The smallest absolute Gasteiger partial charge is 0.416 e. The first-order valence-electron chi connectivity index (χ1n) is 8.10. The van der Waals surface area contributed by atoms with E-state index < -0.39 is 17.6 Å². The molecular weight excluding hydrogens is 357 g/mol. The van der Waals surface area contributed by atoms with Gasteiger partial charge in [-0.2, -0.15) is 13.2 Å². The Morgan fingerprint density at radius 2 is 1.81 bits per heavy atom. The van der Waals surface area contributed by atoms with Crippen LogP contribution in [0.15, 0.2) is 52.9 Å². The van der Waals surface area contributed by atoms with Crippen LogP contribution >= 0.6 is 0 Å². The highest BCUT2D eigenvalue weighted by atomic mass is 19.4. The van der Waals surface area contributed by atoms with Gasteiger partial charge in [0.1, 0.15) is 5.76 Å². The highest BCUT2D eigenvalue weighted by Crippen LogP contribution is 2.33. The van der Waals surface area contributed by atoms with Gasteiger partial charge in [0.05, 0.1) is 16.9 Å². The molecule has 3 N–H and O–H groups in total. The highest BCUT2D eigenvalue weighted by Gasteiger charge is 2.30. The third kappa shape index (κ3) is 3.97. The number of furan rings is 1. The van der Waals surface area contributed by atoms with Crippen molar-refractivity contribution in [3.8, 4) is 11.3 Å². The Labute approximate surface area is 153 Å². The first-order chi connectivity index (χ1) is 12.6. The number of nitrogens with one attached hydrogen (secondary N) is 1. The maximum Gasteiger partial charge on any atom is 0.416 e. The first kappa shape index (κ1) is 18.6. The lowest BCUT2D eigenvalue weighted by molar-refractivity contribution is -0.137. The van der Waals surface area contributed by atoms with Crippen LogP contribution in [0.1, 0.15) is 27.2 Å². The molecule has 0 bridgehead atoms. The normalized spacial score (nSPS) is 11.4. The lowest BCUT2D eigenvalue weighted by atomic mass is 10.1. The molecule has 1 amide bonds. The molecule has 0 aliphatic heterocycles. The van der Waals surface area contributed by atoms with Gasteiger partial charge >= 0.3 is 6.18 Å². The van der Waals surface area contributed by atoms with Crippen LogP contribution in [0.5, 0.6) is 0 Å². The average molecular weight is 374 g/mol. The Morgan fingerprint density at radius 1 is 1.07 bits per heavy atom. The van der Waals surface area contributed by atoms with E-state index in [1.165, 1.54) is 24.3 Å². The predicted molar refractivity (Wildman–Crippen MR) is 97.4 cm³/mol. The summed E-state index contributed by atoms with van der Waals surface area (Å²) in [7, 11) is 0. The number of aryl methyl sites for hydroxylation is 2. The molecule has 27 heavy (non-hydrogen) atoms. The number of hydrogen-bond donors (Lipinski definition) is 2. The monoisotopic (exact) mass is 374 g/mol. The maximum absolute atomic E-state index is 12.9. The van der Waals surface area contributed by atoms with Crippen LogP contribution in [-0.2, 0) is 6.18 Å². The molecule has 0 atom stereocenters. The van der Waals surface area contributed by atoms with Crippen LogP contribution < -0.4 is 11.1 Å². The van der Waals surface area contributed by atoms with E-state index in [-0.39, 0.29) is 17.1 Å². The van der Waals surface area contributed by atoms with Gasteiger partial charge in [-0.3, -0.25) is 4.79 Å². The molecule has 7 heteroatoms. The second-order valence-electron chi connectivity index (χ2n) is 6.24. The van der Waals surface area contributed by atoms with Crippen molar-refractivity contribution in [2.24, 2.45) is 0 Å². The standard InChI is InChI=1S/C20H17F3N2O2/c1-11-8-12(2)18(15(24)9-11)25-19(26)17-7-6-16(27-17)13-4-3-5-14(10-13)20(21,22)23/h3-10H,24H2,1-2H3,(H,25,26). The molecule has 2 aromatic carbocycles. The molecule has 140 valence electrons. The highest BCUT2D eigenvalue weighted by molar-refractivity contribution is 6.04. The molecule has 0 saturated heterocycles. The molecule has 0 unspecified atom stereocenters. The SMILES string of the molecule is Cc1cc(C)c(NC(=O)c2ccc(-c3cccc(C(F)(F)F)c3)o2)c(N)c1. The largest absolute Gasteiger partial charge is 0.451 e. The topological polar surface area (TPSA) is 68.3 Å². The van der Waals surface area contributed by atoms with Gasteiger partial charge in [-0.05, 0) is 55.3 Å². The van der Waals surface area contributed by atoms with Gasteiger partial charge in [0.2, 0.25) is 0 Å². The van der Waals surface area contributed by atoms with Crippen LogP contribution in [-0.4, -0.2) is 5.91 Å². The summed E-state index contributed by atoms with van der Waals surface area (Å²) in [6.07, 6.45) is -4.46. The third-order valence-electron chi connectivity index (χ3n) is 4.05. The van der Waals surface area contributed by atoms with E-state index in [0.717, 1.165) is 23.3 Å². The number of amides is 1. The van der Waals surface area contributed by atoms with Crippen molar-refractivity contribution in [1.82, 2.24) is 0 Å². The Morgan fingerprint density at radius 3 is 2.48 bits per heavy atom. The molecule has 0 aliphatic rings. The summed E-state index contributed by atoms with van der Waals surface area (Å²) in [6, 6.07) is 11.2. The molecule has 0 fully saturated rings. The number of nitrogens with two attached hydrogens (primary N) is 1. The molecule has 3 aromatic rings. The molecular formula is C20H17F3N2O2. The lowest BCUT2D eigenvalue weighted by Gasteiger charge is -2.11. The van der Waals surface area contributed by atoms with E-state index in [1.807, 2.05) is 19.9 Å². The van der Waals surface area contributed by atoms with Crippen molar-refractivity contribution < 1.29 is 22.4 Å². The van der Waals surface area contributed by atoms with Crippen molar-refractivity contribution in [1.29, 1.82) is 0 Å². The van der Waals surface area contributed by atoms with Gasteiger partial charge < -0.3 is 15.5 Å². The number of benzene rings is 2. The summed E-state index contributed by atoms with van der Waals surface area (Å²) in [5, 5.41) is 2.68. The molecule has 0 saturated carbocycles. The van der Waals surface area contributed by atoms with Gasteiger partial charge in [-0.1, -0.05) is 18.2 Å². The van der Waals surface area contributed by atoms with E-state index in [1.54, 1.807) is 6.07 Å². The van der Waals surface area contributed by atoms with Gasteiger partial charge in [0.15, 0.2) is 5.76 Å². The van der Waals surface area contributed by atoms with Gasteiger partial charge in [0.25, 0.3) is 5.91 Å². The zero-order valence-corrected chi connectivity index (χ0v) is 14.6. The molecule has 4 nitrogen and oxygen atoms in total. The van der Waals surface area contributed by atoms with Crippen molar-refractivity contribution in [2.45, 2.75) is 20.0 Å². The van der Waals surface area contributed by atoms with Crippen LogP contribution in [0.2, 0.25) is 0 Å². The quantitative estimate of drug-likeness (QED) is 0.602. The fourth-order valence-corrected chi connectivity index (χ4v) is 2.81. The fraction of sp³-hybridized carbons (Fsp3) is 0.150. The third-order valence-corrected chi connectivity index (χ3v) is 4.05. The van der Waals surface area contributed by atoms with Crippen LogP contribution in [0.4, 0.5) is 24.5 Å². The summed E-state index contributed by atoms with van der Waals surface area (Å²) in [5.74, 6) is -0.395. The summed E-state index contributed by atoms with van der Waals surface area (Å²) in [6.45, 7) is 3.71. The molecule has 1 aromatic heterocycles. The summed E-state index contributed by atoms with van der Waals surface area (Å²) < 4.78 is 44.0. The van der Waals surface area contributed by atoms with Crippen molar-refractivity contribution in [3.63, 3.8) is 0 Å². The van der Waals surface area contributed by atoms with E-state index >= 15 is 0 Å². The molecule has 0 aliphatic carbocycles. The number of carbonyl (C=O) groups is 1. The number of carbonyl (C=O) groups excluding carboxylic acids is 1. The second-order valence-corrected chi connectivity index (χ2v) is 6.24. The first-order valence-corrected chi connectivity index (χ1v) is 8.10. The zero-order valence-electron chi connectivity index (χ0n) is 14.6. The minimum atomic E-state index is -4.46. The summed E-state index contributed by atoms with van der Waals surface area (Å²) in [5.41, 5.74) is 8.05. The maximum atomic E-state index is 12.9. The Bertz CT molecular complexity index is 983. The number of nitrogen functional groups attached to an aromatic ring is 1. The Balaban J connectivity index is 1.85. The summed E-state index contributed by atoms with van der Waals surface area (Å²) >= 11 is 0. The molecule has 3 rings (SSSR count). The molecule has 0 spiro atoms.